The van der Waals surface area contributed by atoms with E-state index in [4.69, 9.17) is 10.00 Å². The van der Waals surface area contributed by atoms with Crippen LogP contribution in [0.5, 0.6) is 11.5 Å². The number of rotatable bonds is 1. The Bertz CT molecular complexity index is 411. The number of phenols is 1. The van der Waals surface area contributed by atoms with Gasteiger partial charge >= 0.3 is 0 Å². The molecule has 1 atom stereocenters. The van der Waals surface area contributed by atoms with Gasteiger partial charge in [-0.1, -0.05) is 0 Å². The maximum Gasteiger partial charge on any atom is 0.169 e. The van der Waals surface area contributed by atoms with E-state index in [1.165, 1.54) is 6.07 Å². The molecule has 0 saturated carbocycles. The fourth-order valence-electron chi connectivity index (χ4n) is 1.60. The van der Waals surface area contributed by atoms with E-state index in [9.17, 15) is 5.11 Å². The minimum atomic E-state index is -0.775. The quantitative estimate of drug-likeness (QED) is 0.685. The van der Waals surface area contributed by atoms with Crippen molar-refractivity contribution in [2.24, 2.45) is 0 Å². The Hall–Kier alpha value is -1.73. The zero-order valence-electron chi connectivity index (χ0n) is 7.74. The third-order valence-corrected chi connectivity index (χ3v) is 2.49. The van der Waals surface area contributed by atoms with Crippen LogP contribution >= 0.6 is 0 Å². The number of benzene rings is 1. The number of hydrogen-bond donors (Lipinski definition) is 2. The van der Waals surface area contributed by atoms with Crippen LogP contribution < -0.4 is 10.1 Å². The van der Waals surface area contributed by atoms with Gasteiger partial charge in [-0.3, -0.25) is 5.32 Å². The first-order valence-corrected chi connectivity index (χ1v) is 4.28. The second-order valence-corrected chi connectivity index (χ2v) is 3.24. The molecule has 0 spiro atoms. The first kappa shape index (κ1) is 8.85. The van der Waals surface area contributed by atoms with Gasteiger partial charge < -0.3 is 9.84 Å². The van der Waals surface area contributed by atoms with Gasteiger partial charge in [0.15, 0.2) is 5.54 Å². The van der Waals surface area contributed by atoms with Crippen LogP contribution in [0.25, 0.3) is 0 Å². The molecule has 0 radical (unpaired) electrons. The summed E-state index contributed by atoms with van der Waals surface area (Å²) in [7, 11) is 1.72. The summed E-state index contributed by atoms with van der Waals surface area (Å²) in [5, 5.41) is 21.2. The molecule has 1 aromatic carbocycles. The minimum absolute atomic E-state index is 0.147. The van der Waals surface area contributed by atoms with Crippen molar-refractivity contribution in [1.29, 1.82) is 5.26 Å². The highest BCUT2D eigenvalue weighted by Crippen LogP contribution is 2.38. The molecule has 0 amide bonds. The van der Waals surface area contributed by atoms with E-state index in [1.807, 2.05) is 0 Å². The predicted octanol–water partition coefficient (Wildman–Crippen LogP) is 0.723. The van der Waals surface area contributed by atoms with Crippen molar-refractivity contribution in [1.82, 2.24) is 5.32 Å². The lowest BCUT2D eigenvalue weighted by Gasteiger charge is -2.17. The first-order chi connectivity index (χ1) is 6.72. The highest BCUT2D eigenvalue weighted by molar-refractivity contribution is 5.50. The van der Waals surface area contributed by atoms with E-state index in [-0.39, 0.29) is 12.4 Å². The number of nitrogens with one attached hydrogen (secondary N) is 1. The van der Waals surface area contributed by atoms with Gasteiger partial charge in [-0.25, -0.2) is 0 Å². The fourth-order valence-corrected chi connectivity index (χ4v) is 1.60. The Kier molecular flexibility index (Phi) is 1.83. The Labute approximate surface area is 81.7 Å². The van der Waals surface area contributed by atoms with Crippen molar-refractivity contribution in [3.05, 3.63) is 23.8 Å². The largest absolute Gasteiger partial charge is 0.508 e. The van der Waals surface area contributed by atoms with E-state index in [0.717, 1.165) is 5.56 Å². The molecule has 2 N–H and O–H groups in total. The van der Waals surface area contributed by atoms with Gasteiger partial charge in [0.05, 0.1) is 6.07 Å². The summed E-state index contributed by atoms with van der Waals surface area (Å²) in [5.41, 5.74) is 0.00329. The van der Waals surface area contributed by atoms with Crippen LogP contribution in [-0.4, -0.2) is 18.8 Å². The predicted molar refractivity (Wildman–Crippen MR) is 50.0 cm³/mol. The van der Waals surface area contributed by atoms with Crippen LogP contribution in [0.3, 0.4) is 0 Å². The van der Waals surface area contributed by atoms with Crippen molar-refractivity contribution in [2.45, 2.75) is 5.54 Å². The topological polar surface area (TPSA) is 65.3 Å². The summed E-state index contributed by atoms with van der Waals surface area (Å²) >= 11 is 0. The van der Waals surface area contributed by atoms with Gasteiger partial charge in [0, 0.05) is 11.6 Å². The van der Waals surface area contributed by atoms with Gasteiger partial charge in [-0.05, 0) is 19.2 Å². The molecule has 2 rings (SSSR count). The third-order valence-electron chi connectivity index (χ3n) is 2.49. The van der Waals surface area contributed by atoms with E-state index in [2.05, 4.69) is 11.4 Å². The van der Waals surface area contributed by atoms with Crippen molar-refractivity contribution in [3.63, 3.8) is 0 Å². The molecule has 4 nitrogen and oxygen atoms in total. The summed E-state index contributed by atoms with van der Waals surface area (Å²) in [6.45, 7) is 0.277. The summed E-state index contributed by atoms with van der Waals surface area (Å²) < 4.78 is 5.33. The van der Waals surface area contributed by atoms with E-state index < -0.39 is 5.54 Å². The maximum absolute atomic E-state index is 9.23. The second-order valence-electron chi connectivity index (χ2n) is 3.24. The summed E-state index contributed by atoms with van der Waals surface area (Å²) in [6.07, 6.45) is 0. The normalized spacial score (nSPS) is 23.7. The standard InChI is InChI=1S/C10H10N2O2/c1-12-10(5-11)6-14-9-4-7(13)2-3-8(9)10/h2-4,12-13H,6H2,1H3. The van der Waals surface area contributed by atoms with Gasteiger partial charge in [0.25, 0.3) is 0 Å². The Morgan fingerprint density at radius 2 is 2.43 bits per heavy atom. The highest BCUT2D eigenvalue weighted by atomic mass is 16.5. The molecule has 0 aromatic heterocycles. The third kappa shape index (κ3) is 1.03. The second kappa shape index (κ2) is 2.89. The van der Waals surface area contributed by atoms with Crippen LogP contribution in [-0.2, 0) is 5.54 Å². The lowest BCUT2D eigenvalue weighted by Crippen LogP contribution is -2.39. The van der Waals surface area contributed by atoms with E-state index >= 15 is 0 Å². The number of fused-ring (bicyclic) bond motifs is 1. The lowest BCUT2D eigenvalue weighted by molar-refractivity contribution is 0.280. The van der Waals surface area contributed by atoms with Crippen molar-refractivity contribution in [3.8, 4) is 17.6 Å². The van der Waals surface area contributed by atoms with Gasteiger partial charge in [0.1, 0.15) is 18.1 Å². The van der Waals surface area contributed by atoms with E-state index in [0.29, 0.717) is 5.75 Å². The molecule has 1 unspecified atom stereocenters. The van der Waals surface area contributed by atoms with Crippen LogP contribution in [0, 0.1) is 11.3 Å². The Balaban J connectivity index is 2.55. The number of nitrogens with zero attached hydrogens (tertiary/aromatic N) is 1. The van der Waals surface area contributed by atoms with Crippen LogP contribution in [0.2, 0.25) is 0 Å². The minimum Gasteiger partial charge on any atom is -0.508 e. The molecule has 1 heterocycles. The zero-order valence-corrected chi connectivity index (χ0v) is 7.74. The molecule has 14 heavy (non-hydrogen) atoms. The number of nitriles is 1. The maximum atomic E-state index is 9.23. The average molecular weight is 190 g/mol. The van der Waals surface area contributed by atoms with Gasteiger partial charge in [0.2, 0.25) is 0 Å². The van der Waals surface area contributed by atoms with Crippen molar-refractivity contribution < 1.29 is 9.84 Å². The molecular weight excluding hydrogens is 180 g/mol. The first-order valence-electron chi connectivity index (χ1n) is 4.28. The molecule has 0 bridgehead atoms. The number of likely N-dealkylation sites (N-methyl/N-ethyl adjacent to an activating group) is 1. The summed E-state index contributed by atoms with van der Waals surface area (Å²) in [5.74, 6) is 0.717. The molecule has 0 aliphatic carbocycles. The molecule has 72 valence electrons. The lowest BCUT2D eigenvalue weighted by atomic mass is 9.94. The molecule has 4 heteroatoms. The highest BCUT2D eigenvalue weighted by Gasteiger charge is 2.39. The smallest absolute Gasteiger partial charge is 0.169 e. The number of phenolic OH excluding ortho intramolecular Hbond substituents is 1. The van der Waals surface area contributed by atoms with Crippen molar-refractivity contribution >= 4 is 0 Å². The molecule has 1 aromatic rings. The molecule has 0 saturated heterocycles. The Morgan fingerprint density at radius 1 is 1.64 bits per heavy atom. The van der Waals surface area contributed by atoms with Crippen molar-refractivity contribution in [2.75, 3.05) is 13.7 Å². The van der Waals surface area contributed by atoms with Crippen LogP contribution in [0.15, 0.2) is 18.2 Å². The number of aromatic hydroxyl groups is 1. The zero-order chi connectivity index (χ0) is 10.2. The van der Waals surface area contributed by atoms with E-state index in [1.54, 1.807) is 19.2 Å². The summed E-state index contributed by atoms with van der Waals surface area (Å²) in [6, 6.07) is 6.96. The average Bonchev–Trinajstić information content (AvgIpc) is 2.56. The molecule has 1 aliphatic heterocycles. The Morgan fingerprint density at radius 3 is 3.07 bits per heavy atom. The van der Waals surface area contributed by atoms with Crippen LogP contribution in [0.1, 0.15) is 5.56 Å². The monoisotopic (exact) mass is 190 g/mol. The number of ether oxygens (including phenoxy) is 1. The molecular formula is C10H10N2O2. The van der Waals surface area contributed by atoms with Gasteiger partial charge in [-0.2, -0.15) is 5.26 Å². The summed E-state index contributed by atoms with van der Waals surface area (Å²) in [4.78, 5) is 0. The van der Waals surface area contributed by atoms with Crippen LogP contribution in [0.4, 0.5) is 0 Å². The molecule has 0 fully saturated rings. The molecule has 1 aliphatic rings. The SMILES string of the molecule is CNC1(C#N)COc2cc(O)ccc21. The van der Waals surface area contributed by atoms with Gasteiger partial charge in [-0.15, -0.1) is 0 Å². The number of hydrogen-bond acceptors (Lipinski definition) is 4. The fraction of sp³-hybridized carbons (Fsp3) is 0.300.